The number of benzene rings is 2. The monoisotopic (exact) mass is 476 g/mol. The maximum absolute atomic E-state index is 13.2. The van der Waals surface area contributed by atoms with Gasteiger partial charge in [-0.3, -0.25) is 14.7 Å². The number of anilines is 1. The predicted octanol–water partition coefficient (Wildman–Crippen LogP) is 3.28. The number of H-pyrrole nitrogens is 1. The second kappa shape index (κ2) is 10.1. The van der Waals surface area contributed by atoms with Crippen molar-refractivity contribution in [2.24, 2.45) is 5.92 Å². The van der Waals surface area contributed by atoms with Crippen LogP contribution in [0.25, 0.3) is 11.1 Å². The van der Waals surface area contributed by atoms with Gasteiger partial charge >= 0.3 is 0 Å². The van der Waals surface area contributed by atoms with Gasteiger partial charge in [0.1, 0.15) is 30.5 Å². The van der Waals surface area contributed by atoms with Gasteiger partial charge in [0.15, 0.2) is 0 Å². The van der Waals surface area contributed by atoms with E-state index in [1.54, 1.807) is 19.5 Å². The van der Waals surface area contributed by atoms with Gasteiger partial charge in [-0.2, -0.15) is 5.10 Å². The van der Waals surface area contributed by atoms with Crippen molar-refractivity contribution in [3.63, 3.8) is 0 Å². The van der Waals surface area contributed by atoms with Crippen LogP contribution >= 0.6 is 0 Å². The number of carbonyl (C=O) groups is 2. The molecular weight excluding hydrogens is 448 g/mol. The van der Waals surface area contributed by atoms with Crippen LogP contribution in [0.1, 0.15) is 18.4 Å². The van der Waals surface area contributed by atoms with Gasteiger partial charge in [-0.1, -0.05) is 6.07 Å². The van der Waals surface area contributed by atoms with Crippen LogP contribution in [-0.4, -0.2) is 60.3 Å². The minimum absolute atomic E-state index is 0.144. The van der Waals surface area contributed by atoms with Crippen LogP contribution in [0, 0.1) is 5.92 Å². The fourth-order valence-corrected chi connectivity index (χ4v) is 4.44. The van der Waals surface area contributed by atoms with Gasteiger partial charge < -0.3 is 24.4 Å². The number of nitrogens with one attached hydrogen (secondary N) is 2. The molecule has 1 fully saturated rings. The van der Waals surface area contributed by atoms with Crippen LogP contribution in [-0.2, 0) is 16.0 Å². The zero-order valence-corrected chi connectivity index (χ0v) is 19.6. The molecule has 35 heavy (non-hydrogen) atoms. The normalized spacial score (nSPS) is 17.0. The van der Waals surface area contributed by atoms with E-state index in [1.807, 2.05) is 41.3 Å². The zero-order chi connectivity index (χ0) is 24.2. The van der Waals surface area contributed by atoms with Crippen LogP contribution in [0.5, 0.6) is 17.2 Å². The molecule has 1 atom stereocenters. The zero-order valence-electron chi connectivity index (χ0n) is 19.6. The number of likely N-dealkylation sites (tertiary alicyclic amines) is 1. The summed E-state index contributed by atoms with van der Waals surface area (Å²) in [6, 6.07) is 11.2. The van der Waals surface area contributed by atoms with E-state index in [2.05, 4.69) is 15.5 Å². The highest BCUT2D eigenvalue weighted by Crippen LogP contribution is 2.34. The Balaban J connectivity index is 1.31. The van der Waals surface area contributed by atoms with E-state index in [0.717, 1.165) is 41.2 Å². The summed E-state index contributed by atoms with van der Waals surface area (Å²) >= 11 is 0. The number of amides is 2. The fraction of sp³-hybridized carbons (Fsp3) is 0.346. The van der Waals surface area contributed by atoms with Crippen molar-refractivity contribution in [2.75, 3.05) is 38.7 Å². The van der Waals surface area contributed by atoms with Gasteiger partial charge in [0.05, 0.1) is 31.5 Å². The van der Waals surface area contributed by atoms with E-state index in [1.165, 1.54) is 0 Å². The molecule has 2 aliphatic rings. The average molecular weight is 477 g/mol. The molecular formula is C26H28N4O5. The first-order chi connectivity index (χ1) is 17.1. The van der Waals surface area contributed by atoms with Crippen LogP contribution < -0.4 is 19.5 Å². The van der Waals surface area contributed by atoms with Gasteiger partial charge in [-0.05, 0) is 54.3 Å². The Kier molecular flexibility index (Phi) is 6.56. The molecule has 0 radical (unpaired) electrons. The number of aromatic nitrogens is 2. The van der Waals surface area contributed by atoms with Crippen LogP contribution in [0.2, 0.25) is 0 Å². The van der Waals surface area contributed by atoms with Gasteiger partial charge in [0, 0.05) is 24.7 Å². The number of hydrogen-bond donors (Lipinski definition) is 2. The average Bonchev–Trinajstić information content (AvgIpc) is 3.56. The van der Waals surface area contributed by atoms with E-state index >= 15 is 0 Å². The van der Waals surface area contributed by atoms with Crippen molar-refractivity contribution in [3.8, 4) is 28.4 Å². The molecule has 2 aromatic carbocycles. The highest BCUT2D eigenvalue weighted by molar-refractivity contribution is 5.95. The Morgan fingerprint density at radius 3 is 2.94 bits per heavy atom. The van der Waals surface area contributed by atoms with E-state index in [0.29, 0.717) is 44.0 Å². The summed E-state index contributed by atoms with van der Waals surface area (Å²) in [6.45, 7) is 1.90. The van der Waals surface area contributed by atoms with E-state index in [-0.39, 0.29) is 17.7 Å². The number of methoxy groups -OCH3 is 1. The molecule has 0 spiro atoms. The molecule has 182 valence electrons. The summed E-state index contributed by atoms with van der Waals surface area (Å²) in [7, 11) is 1.62. The highest BCUT2D eigenvalue weighted by atomic mass is 16.5. The highest BCUT2D eigenvalue weighted by Gasteiger charge is 2.27. The first-order valence-corrected chi connectivity index (χ1v) is 11.7. The van der Waals surface area contributed by atoms with Gasteiger partial charge in [0.2, 0.25) is 11.8 Å². The molecule has 0 saturated carbocycles. The molecule has 5 rings (SSSR count). The number of hydrogen-bond acceptors (Lipinski definition) is 6. The van der Waals surface area contributed by atoms with Crippen molar-refractivity contribution < 1.29 is 23.8 Å². The van der Waals surface area contributed by atoms with Crippen LogP contribution in [0.3, 0.4) is 0 Å². The lowest BCUT2D eigenvalue weighted by atomic mass is 9.95. The number of ether oxygens (including phenoxy) is 3. The SMILES string of the molecule is COc1ccc2c(c1)CC(C(=O)Nc1ccc(-c3cn[nH]c3)cc1OCCN1CCCC1=O)CO2. The van der Waals surface area contributed by atoms with Gasteiger partial charge in [-0.15, -0.1) is 0 Å². The quantitative estimate of drug-likeness (QED) is 0.517. The largest absolute Gasteiger partial charge is 0.497 e. The number of rotatable bonds is 8. The second-order valence-corrected chi connectivity index (χ2v) is 8.71. The molecule has 9 heteroatoms. The molecule has 1 unspecified atom stereocenters. The first-order valence-electron chi connectivity index (χ1n) is 11.7. The molecule has 9 nitrogen and oxygen atoms in total. The lowest BCUT2D eigenvalue weighted by molar-refractivity contribution is -0.128. The van der Waals surface area contributed by atoms with Crippen LogP contribution in [0.15, 0.2) is 48.8 Å². The Bertz CT molecular complexity index is 1210. The standard InChI is InChI=1S/C26H28N4O5/c1-33-21-5-7-23-18(12-21)11-19(16-35-23)26(32)29-22-6-4-17(20-14-27-28-15-20)13-24(22)34-10-9-30-8-2-3-25(30)31/h4-7,12-15,19H,2-3,8-11,16H2,1H3,(H,27,28)(H,29,32). The maximum atomic E-state index is 13.2. The summed E-state index contributed by atoms with van der Waals surface area (Å²) in [4.78, 5) is 26.9. The molecule has 1 saturated heterocycles. The number of fused-ring (bicyclic) bond motifs is 1. The van der Waals surface area contributed by atoms with Crippen molar-refractivity contribution in [2.45, 2.75) is 19.3 Å². The molecule has 3 aromatic rings. The number of carbonyl (C=O) groups excluding carboxylic acids is 2. The molecule has 0 bridgehead atoms. The number of aromatic amines is 1. The topological polar surface area (TPSA) is 106 Å². The van der Waals surface area contributed by atoms with Crippen molar-refractivity contribution in [3.05, 3.63) is 54.4 Å². The van der Waals surface area contributed by atoms with E-state index in [9.17, 15) is 9.59 Å². The Morgan fingerprint density at radius 1 is 1.26 bits per heavy atom. The summed E-state index contributed by atoms with van der Waals surface area (Å²) in [5, 5.41) is 9.84. The first kappa shape index (κ1) is 22.8. The second-order valence-electron chi connectivity index (χ2n) is 8.71. The summed E-state index contributed by atoms with van der Waals surface area (Å²) in [5.41, 5.74) is 3.34. The van der Waals surface area contributed by atoms with E-state index in [4.69, 9.17) is 14.2 Å². The molecule has 2 amide bonds. The van der Waals surface area contributed by atoms with Gasteiger partial charge in [-0.25, -0.2) is 0 Å². The maximum Gasteiger partial charge on any atom is 0.231 e. The Labute approximate surface area is 203 Å². The minimum Gasteiger partial charge on any atom is -0.497 e. The summed E-state index contributed by atoms with van der Waals surface area (Å²) < 4.78 is 17.2. The lowest BCUT2D eigenvalue weighted by Crippen LogP contribution is -2.33. The van der Waals surface area contributed by atoms with Crippen molar-refractivity contribution in [1.29, 1.82) is 0 Å². The fourth-order valence-electron chi connectivity index (χ4n) is 4.44. The third-order valence-corrected chi connectivity index (χ3v) is 6.41. The minimum atomic E-state index is -0.349. The molecule has 2 N–H and O–H groups in total. The lowest BCUT2D eigenvalue weighted by Gasteiger charge is -2.25. The number of nitrogens with zero attached hydrogens (tertiary/aromatic N) is 2. The van der Waals surface area contributed by atoms with Gasteiger partial charge in [0.25, 0.3) is 0 Å². The smallest absolute Gasteiger partial charge is 0.231 e. The third kappa shape index (κ3) is 5.08. The van der Waals surface area contributed by atoms with Crippen molar-refractivity contribution >= 4 is 17.5 Å². The van der Waals surface area contributed by atoms with Crippen LogP contribution in [0.4, 0.5) is 5.69 Å². The molecule has 1 aromatic heterocycles. The third-order valence-electron chi connectivity index (χ3n) is 6.41. The molecule has 3 heterocycles. The summed E-state index contributed by atoms with van der Waals surface area (Å²) in [5.74, 6) is 1.72. The van der Waals surface area contributed by atoms with Crippen molar-refractivity contribution in [1.82, 2.24) is 15.1 Å². The molecule has 0 aliphatic carbocycles. The molecule has 2 aliphatic heterocycles. The Morgan fingerprint density at radius 2 is 2.17 bits per heavy atom. The predicted molar refractivity (Wildman–Crippen MR) is 130 cm³/mol. The summed E-state index contributed by atoms with van der Waals surface area (Å²) in [6.07, 6.45) is 5.56. The van der Waals surface area contributed by atoms with E-state index < -0.39 is 0 Å². The Hall–Kier alpha value is -4.01.